The molecule has 1 aromatic carbocycles. The summed E-state index contributed by atoms with van der Waals surface area (Å²) in [6, 6.07) is 10.1. The first kappa shape index (κ1) is 22.8. The van der Waals surface area contributed by atoms with E-state index in [-0.39, 0.29) is 18.0 Å². The molecule has 2 saturated heterocycles. The molecule has 0 amide bonds. The summed E-state index contributed by atoms with van der Waals surface area (Å²) in [5.74, 6) is -0.628. The molecular formula is C23H34O5. The van der Waals surface area contributed by atoms with Crippen molar-refractivity contribution in [3.05, 3.63) is 48.0 Å². The smallest absolute Gasteiger partial charge is 0.184 e. The number of carbonyl (C=O) groups excluding carboxylic acids is 1. The summed E-state index contributed by atoms with van der Waals surface area (Å²) in [4.78, 5) is 12.4. The highest BCUT2D eigenvalue weighted by Gasteiger charge is 2.32. The first-order chi connectivity index (χ1) is 13.4. The monoisotopic (exact) mass is 390 g/mol. The number of carbonyl (C=O) groups is 1. The molecule has 0 bridgehead atoms. The van der Waals surface area contributed by atoms with Crippen LogP contribution in [0.15, 0.2) is 42.5 Å². The maximum atomic E-state index is 12.4. The predicted octanol–water partition coefficient (Wildman–Crippen LogP) is 4.44. The Labute approximate surface area is 169 Å². The lowest BCUT2D eigenvalue weighted by Crippen LogP contribution is -2.35. The van der Waals surface area contributed by atoms with Crippen LogP contribution in [0, 0.1) is 0 Å². The third-order valence-corrected chi connectivity index (χ3v) is 4.39. The number of ether oxygens (including phenoxy) is 4. The van der Waals surface area contributed by atoms with Crippen LogP contribution in [-0.4, -0.2) is 43.1 Å². The van der Waals surface area contributed by atoms with E-state index in [9.17, 15) is 4.79 Å². The number of hydrogen-bond donors (Lipinski definition) is 0. The first-order valence-corrected chi connectivity index (χ1v) is 10.2. The van der Waals surface area contributed by atoms with Gasteiger partial charge in [0.05, 0.1) is 25.9 Å². The Bertz CT molecular complexity index is 611. The van der Waals surface area contributed by atoms with E-state index in [1.165, 1.54) is 6.42 Å². The molecule has 1 aromatic rings. The van der Waals surface area contributed by atoms with Gasteiger partial charge in [-0.25, -0.2) is 0 Å². The van der Waals surface area contributed by atoms with Crippen molar-refractivity contribution in [1.82, 2.24) is 0 Å². The lowest BCUT2D eigenvalue weighted by molar-refractivity contribution is -0.137. The fraction of sp³-hybridized carbons (Fsp3) is 0.609. The zero-order chi connectivity index (χ0) is 20.4. The Morgan fingerprint density at radius 3 is 2.61 bits per heavy atom. The van der Waals surface area contributed by atoms with E-state index in [2.05, 4.69) is 13.8 Å². The third-order valence-electron chi connectivity index (χ3n) is 4.39. The van der Waals surface area contributed by atoms with Gasteiger partial charge >= 0.3 is 0 Å². The Morgan fingerprint density at radius 2 is 1.96 bits per heavy atom. The minimum Gasteiger partial charge on any atom is -0.373 e. The molecule has 2 fully saturated rings. The number of ketones is 1. The van der Waals surface area contributed by atoms with E-state index in [4.69, 9.17) is 18.9 Å². The van der Waals surface area contributed by atoms with Crippen LogP contribution < -0.4 is 0 Å². The van der Waals surface area contributed by atoms with Crippen molar-refractivity contribution in [3.63, 3.8) is 0 Å². The van der Waals surface area contributed by atoms with Gasteiger partial charge in [-0.15, -0.1) is 0 Å². The molecule has 2 aliphatic rings. The summed E-state index contributed by atoms with van der Waals surface area (Å²) >= 11 is 0. The highest BCUT2D eigenvalue weighted by atomic mass is 16.7. The average Bonchev–Trinajstić information content (AvgIpc) is 3.05. The predicted molar refractivity (Wildman–Crippen MR) is 109 cm³/mol. The number of rotatable bonds is 6. The molecule has 2 heterocycles. The van der Waals surface area contributed by atoms with Gasteiger partial charge in [0, 0.05) is 6.42 Å². The van der Waals surface area contributed by atoms with Gasteiger partial charge in [0.2, 0.25) is 0 Å². The minimum atomic E-state index is -0.588. The summed E-state index contributed by atoms with van der Waals surface area (Å²) in [5.41, 5.74) is 1.14. The van der Waals surface area contributed by atoms with Gasteiger partial charge in [0.15, 0.2) is 11.6 Å². The van der Waals surface area contributed by atoms with Crippen LogP contribution in [0.1, 0.15) is 52.5 Å². The minimum absolute atomic E-state index is 0.0404. The highest BCUT2D eigenvalue weighted by molar-refractivity contribution is 5.93. The zero-order valence-corrected chi connectivity index (χ0v) is 17.6. The van der Waals surface area contributed by atoms with Gasteiger partial charge < -0.3 is 18.9 Å². The van der Waals surface area contributed by atoms with Crippen molar-refractivity contribution in [2.75, 3.05) is 13.2 Å². The van der Waals surface area contributed by atoms with Crippen LogP contribution in [0.5, 0.6) is 0 Å². The van der Waals surface area contributed by atoms with Crippen LogP contribution in [-0.2, 0) is 30.3 Å². The van der Waals surface area contributed by atoms with Crippen molar-refractivity contribution in [1.29, 1.82) is 0 Å². The van der Waals surface area contributed by atoms with Crippen LogP contribution >= 0.6 is 0 Å². The summed E-state index contributed by atoms with van der Waals surface area (Å²) < 4.78 is 22.7. The Morgan fingerprint density at radius 1 is 1.25 bits per heavy atom. The van der Waals surface area contributed by atoms with Crippen molar-refractivity contribution in [3.8, 4) is 0 Å². The van der Waals surface area contributed by atoms with E-state index < -0.39 is 11.9 Å². The Kier molecular flexibility index (Phi) is 9.32. The summed E-state index contributed by atoms with van der Waals surface area (Å²) in [6.07, 6.45) is 5.38. The normalized spacial score (nSPS) is 26.6. The summed E-state index contributed by atoms with van der Waals surface area (Å²) in [5, 5.41) is 0. The van der Waals surface area contributed by atoms with Gasteiger partial charge in [0.1, 0.15) is 12.2 Å². The lowest BCUT2D eigenvalue weighted by atomic mass is 10.0. The van der Waals surface area contributed by atoms with Crippen molar-refractivity contribution in [2.24, 2.45) is 0 Å². The molecule has 0 saturated carbocycles. The van der Waals surface area contributed by atoms with E-state index >= 15 is 0 Å². The van der Waals surface area contributed by atoms with Gasteiger partial charge in [-0.05, 0) is 38.0 Å². The van der Waals surface area contributed by atoms with Gasteiger partial charge in [-0.3, -0.25) is 4.79 Å². The summed E-state index contributed by atoms with van der Waals surface area (Å²) in [6.45, 7) is 9.54. The Hall–Kier alpha value is -1.53. The average molecular weight is 391 g/mol. The molecule has 28 heavy (non-hydrogen) atoms. The fourth-order valence-electron chi connectivity index (χ4n) is 3.02. The first-order valence-electron chi connectivity index (χ1n) is 10.2. The third kappa shape index (κ3) is 7.84. The molecular weight excluding hydrogens is 356 g/mol. The maximum Gasteiger partial charge on any atom is 0.184 e. The molecule has 3 unspecified atom stereocenters. The lowest BCUT2D eigenvalue weighted by Gasteiger charge is -2.28. The molecule has 5 heteroatoms. The second-order valence-electron chi connectivity index (χ2n) is 7.64. The highest BCUT2D eigenvalue weighted by Crippen LogP contribution is 2.23. The topological polar surface area (TPSA) is 54.0 Å². The SMILES string of the molecule is CC1(C)OCC(/C=C/C(=O)C2CC(OCc3ccccc3)CCO2)O1.CCC. The van der Waals surface area contributed by atoms with Gasteiger partial charge in [0.25, 0.3) is 0 Å². The second kappa shape index (κ2) is 11.5. The van der Waals surface area contributed by atoms with E-state index in [0.29, 0.717) is 26.2 Å². The molecule has 2 aliphatic heterocycles. The summed E-state index contributed by atoms with van der Waals surface area (Å²) in [7, 11) is 0. The maximum absolute atomic E-state index is 12.4. The second-order valence-corrected chi connectivity index (χ2v) is 7.64. The number of benzene rings is 1. The quantitative estimate of drug-likeness (QED) is 0.672. The van der Waals surface area contributed by atoms with Crippen LogP contribution in [0.2, 0.25) is 0 Å². The molecule has 0 spiro atoms. The van der Waals surface area contributed by atoms with Crippen molar-refractivity contribution >= 4 is 5.78 Å². The largest absolute Gasteiger partial charge is 0.373 e. The molecule has 156 valence electrons. The molecule has 0 aliphatic carbocycles. The van der Waals surface area contributed by atoms with Crippen LogP contribution in [0.25, 0.3) is 0 Å². The van der Waals surface area contributed by atoms with Gasteiger partial charge in [-0.2, -0.15) is 0 Å². The molecule has 3 rings (SSSR count). The van der Waals surface area contributed by atoms with Crippen LogP contribution in [0.4, 0.5) is 0 Å². The molecule has 0 N–H and O–H groups in total. The van der Waals surface area contributed by atoms with E-state index in [1.807, 2.05) is 44.2 Å². The van der Waals surface area contributed by atoms with Crippen LogP contribution in [0.3, 0.4) is 0 Å². The van der Waals surface area contributed by atoms with E-state index in [0.717, 1.165) is 12.0 Å². The fourth-order valence-corrected chi connectivity index (χ4v) is 3.02. The van der Waals surface area contributed by atoms with Crippen molar-refractivity contribution < 1.29 is 23.7 Å². The molecule has 0 radical (unpaired) electrons. The van der Waals surface area contributed by atoms with Crippen molar-refractivity contribution in [2.45, 2.75) is 77.7 Å². The standard InChI is InChI=1S/C20H26O5.C3H8/c1-20(2)24-14-17(25-20)8-9-18(21)19-12-16(10-11-22-19)23-13-15-6-4-3-5-7-15;1-3-2/h3-9,16-17,19H,10-14H2,1-2H3;3H2,1-2H3/b9-8+;. The van der Waals surface area contributed by atoms with Gasteiger partial charge in [-0.1, -0.05) is 50.6 Å². The number of hydrogen-bond acceptors (Lipinski definition) is 5. The molecule has 3 atom stereocenters. The molecule has 0 aromatic heterocycles. The van der Waals surface area contributed by atoms with E-state index in [1.54, 1.807) is 12.2 Å². The Balaban J connectivity index is 0.000000878. The molecule has 5 nitrogen and oxygen atoms in total. The zero-order valence-electron chi connectivity index (χ0n) is 17.6.